The lowest BCUT2D eigenvalue weighted by Crippen LogP contribution is -2.15. The molecular weight excluding hydrogens is 375 g/mol. The molecule has 7 heteroatoms. The van der Waals surface area contributed by atoms with Gasteiger partial charge >= 0.3 is 5.97 Å². The van der Waals surface area contributed by atoms with Crippen LogP contribution in [0.3, 0.4) is 0 Å². The van der Waals surface area contributed by atoms with E-state index in [-0.39, 0.29) is 24.9 Å². The number of carbonyl (C=O) groups excluding carboxylic acids is 2. The first kappa shape index (κ1) is 20.3. The van der Waals surface area contributed by atoms with Gasteiger partial charge in [-0.15, -0.1) is 0 Å². The Morgan fingerprint density at radius 1 is 1.07 bits per heavy atom. The lowest BCUT2D eigenvalue weighted by atomic mass is 10.1. The van der Waals surface area contributed by atoms with Crippen molar-refractivity contribution < 1.29 is 23.5 Å². The predicted molar refractivity (Wildman–Crippen MR) is 108 cm³/mol. The van der Waals surface area contributed by atoms with Gasteiger partial charge < -0.3 is 14.8 Å². The van der Waals surface area contributed by atoms with Crippen LogP contribution in [0, 0.1) is 5.82 Å². The molecule has 29 heavy (non-hydrogen) atoms. The van der Waals surface area contributed by atoms with E-state index >= 15 is 0 Å². The lowest BCUT2D eigenvalue weighted by Gasteiger charge is -2.13. The van der Waals surface area contributed by atoms with Crippen LogP contribution in [0.15, 0.2) is 48.5 Å². The zero-order chi connectivity index (χ0) is 20.8. The molecule has 2 aromatic carbocycles. The minimum absolute atomic E-state index is 0.116. The third-order valence-corrected chi connectivity index (χ3v) is 4.17. The maximum absolute atomic E-state index is 13.3. The fourth-order valence-corrected chi connectivity index (χ4v) is 2.75. The number of amides is 1. The van der Waals surface area contributed by atoms with Crippen LogP contribution in [0.1, 0.15) is 20.3 Å². The lowest BCUT2D eigenvalue weighted by molar-refractivity contribution is -0.145. The summed E-state index contributed by atoms with van der Waals surface area (Å²) in [6.07, 6.45) is 0.353. The Morgan fingerprint density at radius 2 is 1.83 bits per heavy atom. The zero-order valence-electron chi connectivity index (χ0n) is 16.2. The number of fused-ring (bicyclic) bond motifs is 1. The molecule has 1 amide bonds. The molecule has 0 aliphatic carbocycles. The number of hydrogen-bond donors (Lipinski definition) is 1. The molecule has 0 aliphatic heterocycles. The van der Waals surface area contributed by atoms with E-state index in [1.807, 2.05) is 0 Å². The van der Waals surface area contributed by atoms with E-state index in [1.165, 1.54) is 12.1 Å². The Balaban J connectivity index is 2.03. The molecule has 3 aromatic rings. The van der Waals surface area contributed by atoms with Crippen molar-refractivity contribution in [1.82, 2.24) is 4.98 Å². The molecule has 0 aliphatic rings. The van der Waals surface area contributed by atoms with Crippen molar-refractivity contribution in [3.05, 3.63) is 54.3 Å². The van der Waals surface area contributed by atoms with Gasteiger partial charge in [-0.1, -0.05) is 6.92 Å². The monoisotopic (exact) mass is 396 g/mol. The number of hydrogen-bond acceptors (Lipinski definition) is 5. The van der Waals surface area contributed by atoms with E-state index in [9.17, 15) is 14.0 Å². The summed E-state index contributed by atoms with van der Waals surface area (Å²) in [5, 5.41) is 3.43. The molecule has 6 nitrogen and oxygen atoms in total. The first-order valence-electron chi connectivity index (χ1n) is 9.29. The van der Waals surface area contributed by atoms with Crippen LogP contribution in [-0.4, -0.2) is 30.1 Å². The molecule has 1 aromatic heterocycles. The van der Waals surface area contributed by atoms with Crippen molar-refractivity contribution in [3.63, 3.8) is 0 Å². The maximum atomic E-state index is 13.3. The minimum Gasteiger partial charge on any atom is -0.481 e. The van der Waals surface area contributed by atoms with Crippen molar-refractivity contribution in [2.75, 3.05) is 18.5 Å². The van der Waals surface area contributed by atoms with Crippen LogP contribution in [0.25, 0.3) is 22.2 Å². The van der Waals surface area contributed by atoms with E-state index in [1.54, 1.807) is 50.2 Å². The van der Waals surface area contributed by atoms with E-state index < -0.39 is 5.97 Å². The molecule has 0 bridgehead atoms. The number of rotatable bonds is 7. The highest BCUT2D eigenvalue weighted by molar-refractivity contribution is 5.96. The smallest absolute Gasteiger partial charge is 0.344 e. The average molecular weight is 396 g/mol. The third-order valence-electron chi connectivity index (χ3n) is 4.17. The molecule has 150 valence electrons. The summed E-state index contributed by atoms with van der Waals surface area (Å²) in [6, 6.07) is 12.9. The van der Waals surface area contributed by atoms with Crippen LogP contribution in [-0.2, 0) is 14.3 Å². The number of halogens is 1. The summed E-state index contributed by atoms with van der Waals surface area (Å²) in [5.74, 6) is -0.537. The first-order chi connectivity index (χ1) is 14.0. The van der Waals surface area contributed by atoms with Gasteiger partial charge in [-0.25, -0.2) is 14.2 Å². The normalized spacial score (nSPS) is 10.6. The van der Waals surface area contributed by atoms with Gasteiger partial charge in [0.05, 0.1) is 17.8 Å². The Morgan fingerprint density at radius 3 is 2.52 bits per heavy atom. The highest BCUT2D eigenvalue weighted by atomic mass is 19.1. The fraction of sp³-hybridized carbons (Fsp3) is 0.227. The summed E-state index contributed by atoms with van der Waals surface area (Å²) in [6.45, 7) is 3.48. The fourth-order valence-electron chi connectivity index (χ4n) is 2.75. The van der Waals surface area contributed by atoms with Crippen LogP contribution in [0.2, 0.25) is 0 Å². The van der Waals surface area contributed by atoms with Gasteiger partial charge in [0.1, 0.15) is 11.6 Å². The number of aromatic nitrogens is 1. The quantitative estimate of drug-likeness (QED) is 0.602. The van der Waals surface area contributed by atoms with E-state index in [2.05, 4.69) is 10.3 Å². The van der Waals surface area contributed by atoms with Crippen LogP contribution in [0.5, 0.6) is 5.75 Å². The summed E-state index contributed by atoms with van der Waals surface area (Å²) >= 11 is 0. The highest BCUT2D eigenvalue weighted by Gasteiger charge is 2.13. The topological polar surface area (TPSA) is 77.5 Å². The Kier molecular flexibility index (Phi) is 6.39. The summed E-state index contributed by atoms with van der Waals surface area (Å²) in [7, 11) is 0. The van der Waals surface area contributed by atoms with Crippen LogP contribution < -0.4 is 10.1 Å². The van der Waals surface area contributed by atoms with E-state index in [4.69, 9.17) is 9.47 Å². The van der Waals surface area contributed by atoms with Gasteiger partial charge in [0.15, 0.2) is 6.61 Å². The summed E-state index contributed by atoms with van der Waals surface area (Å²) in [4.78, 5) is 28.0. The Labute approximate surface area is 167 Å². The number of pyridine rings is 1. The van der Waals surface area contributed by atoms with Crippen molar-refractivity contribution in [2.24, 2.45) is 0 Å². The second kappa shape index (κ2) is 9.14. The number of anilines is 1. The average Bonchev–Trinajstić information content (AvgIpc) is 2.72. The molecule has 3 rings (SSSR count). The van der Waals surface area contributed by atoms with Crippen LogP contribution in [0.4, 0.5) is 10.1 Å². The highest BCUT2D eigenvalue weighted by Crippen LogP contribution is 2.32. The molecule has 0 radical (unpaired) electrons. The van der Waals surface area contributed by atoms with Gasteiger partial charge in [0.25, 0.3) is 0 Å². The van der Waals surface area contributed by atoms with Crippen molar-refractivity contribution in [2.45, 2.75) is 20.3 Å². The Bertz CT molecular complexity index is 1030. The minimum atomic E-state index is -0.490. The zero-order valence-corrected chi connectivity index (χ0v) is 16.2. The number of nitrogens with zero attached hydrogens (tertiary/aromatic N) is 1. The number of ether oxygens (including phenoxy) is 2. The second-order valence-electron chi connectivity index (χ2n) is 6.24. The largest absolute Gasteiger partial charge is 0.481 e. The SMILES string of the molecule is CCOC(=O)COc1cc(-c2ccc(F)cc2)nc2ccc(NC(=O)CC)cc12. The van der Waals surface area contributed by atoms with Gasteiger partial charge in [-0.3, -0.25) is 4.79 Å². The molecule has 0 spiro atoms. The van der Waals surface area contributed by atoms with Gasteiger partial charge in [-0.2, -0.15) is 0 Å². The molecular formula is C22H21FN2O4. The van der Waals surface area contributed by atoms with Gasteiger partial charge in [0, 0.05) is 29.1 Å². The maximum Gasteiger partial charge on any atom is 0.344 e. The second-order valence-corrected chi connectivity index (χ2v) is 6.24. The van der Waals surface area contributed by atoms with Gasteiger partial charge in [0.2, 0.25) is 5.91 Å². The number of nitrogens with one attached hydrogen (secondary N) is 1. The third kappa shape index (κ3) is 5.07. The predicted octanol–water partition coefficient (Wildman–Crippen LogP) is 4.33. The number of carbonyl (C=O) groups is 2. The molecule has 0 saturated heterocycles. The molecule has 0 atom stereocenters. The number of benzene rings is 2. The van der Waals surface area contributed by atoms with Crippen molar-refractivity contribution >= 4 is 28.5 Å². The summed E-state index contributed by atoms with van der Waals surface area (Å²) < 4.78 is 23.9. The Hall–Kier alpha value is -3.48. The van der Waals surface area contributed by atoms with Crippen LogP contribution >= 0.6 is 0 Å². The van der Waals surface area contributed by atoms with Crippen molar-refractivity contribution in [1.29, 1.82) is 0 Å². The number of esters is 1. The van der Waals surface area contributed by atoms with Crippen molar-refractivity contribution in [3.8, 4) is 17.0 Å². The first-order valence-corrected chi connectivity index (χ1v) is 9.29. The summed E-state index contributed by atoms with van der Waals surface area (Å²) in [5.41, 5.74) is 2.49. The standard InChI is InChI=1S/C22H21FN2O4/c1-3-21(26)24-16-9-10-18-17(11-16)20(29-13-22(27)28-4-2)12-19(25-18)14-5-7-15(23)8-6-14/h5-12H,3-4,13H2,1-2H3,(H,24,26). The van der Waals surface area contributed by atoms with Gasteiger partial charge in [-0.05, 0) is 49.4 Å². The van der Waals surface area contributed by atoms with E-state index in [0.717, 1.165) is 0 Å². The molecule has 0 fully saturated rings. The van der Waals surface area contributed by atoms with E-state index in [0.29, 0.717) is 40.0 Å². The molecule has 1 heterocycles. The molecule has 0 unspecified atom stereocenters. The molecule has 1 N–H and O–H groups in total. The molecule has 0 saturated carbocycles.